The molecule has 0 aliphatic heterocycles. The summed E-state index contributed by atoms with van der Waals surface area (Å²) in [6, 6.07) is 7.33. The maximum atomic E-state index is 10.8. The van der Waals surface area contributed by atoms with Crippen LogP contribution >= 0.6 is 15.9 Å². The van der Waals surface area contributed by atoms with Crippen molar-refractivity contribution >= 4 is 28.1 Å². The van der Waals surface area contributed by atoms with Gasteiger partial charge in [-0.3, -0.25) is 11.5 Å². The lowest BCUT2D eigenvalue weighted by atomic mass is 10.2. The summed E-state index contributed by atoms with van der Waals surface area (Å²) in [4.78, 5) is 0.152. The molecule has 0 atom stereocenters. The van der Waals surface area contributed by atoms with Crippen molar-refractivity contribution in [3.05, 3.63) is 39.5 Å². The van der Waals surface area contributed by atoms with Crippen molar-refractivity contribution in [2.24, 2.45) is 16.6 Å². The molecular weight excluding hydrogens is 248 g/mol. The molecule has 14 heavy (non-hydrogen) atoms. The van der Waals surface area contributed by atoms with Crippen LogP contribution in [0.3, 0.4) is 0 Å². The third-order valence-corrected chi connectivity index (χ3v) is 2.15. The number of guanidine groups is 1. The number of nitrogens with two attached hydrogens (primary N) is 2. The zero-order valence-electron chi connectivity index (χ0n) is 7.22. The van der Waals surface area contributed by atoms with Crippen LogP contribution in [0.15, 0.2) is 33.8 Å². The summed E-state index contributed by atoms with van der Waals surface area (Å²) in [6.07, 6.45) is 1.37. The van der Waals surface area contributed by atoms with E-state index >= 15 is 0 Å². The van der Waals surface area contributed by atoms with Crippen LogP contribution in [-0.4, -0.2) is 17.0 Å². The predicted octanol–water partition coefficient (Wildman–Crippen LogP) is 0.567. The van der Waals surface area contributed by atoms with E-state index in [1.807, 2.05) is 18.2 Å². The molecule has 1 aromatic rings. The average Bonchev–Trinajstić information content (AvgIpc) is 2.16. The second-order valence-electron chi connectivity index (χ2n) is 2.46. The van der Waals surface area contributed by atoms with E-state index < -0.39 is 5.96 Å². The molecule has 0 spiro atoms. The standard InChI is InChI=1S/C8H9BrN4O/c9-7-4-2-1-3-6(7)5-12-13(14)8(10)11/h1-5H,10-11H2. The Morgan fingerprint density at radius 3 is 2.64 bits per heavy atom. The van der Waals surface area contributed by atoms with Gasteiger partial charge in [0.25, 0.3) is 0 Å². The Hall–Kier alpha value is -1.56. The molecule has 1 rings (SSSR count). The van der Waals surface area contributed by atoms with E-state index in [0.717, 1.165) is 10.0 Å². The molecule has 74 valence electrons. The molecule has 0 heterocycles. The third kappa shape index (κ3) is 2.74. The Kier molecular flexibility index (Phi) is 3.47. The number of halogens is 1. The van der Waals surface area contributed by atoms with Crippen molar-refractivity contribution in [2.75, 3.05) is 0 Å². The van der Waals surface area contributed by atoms with Crippen LogP contribution in [0.25, 0.3) is 0 Å². The molecule has 0 aromatic heterocycles. The van der Waals surface area contributed by atoms with E-state index in [1.54, 1.807) is 6.07 Å². The maximum Gasteiger partial charge on any atom is 0.366 e. The molecule has 6 heteroatoms. The normalized spacial score (nSPS) is 10.4. The van der Waals surface area contributed by atoms with Gasteiger partial charge >= 0.3 is 5.96 Å². The lowest BCUT2D eigenvalue weighted by Gasteiger charge is -2.02. The lowest BCUT2D eigenvalue weighted by molar-refractivity contribution is -0.463. The second kappa shape index (κ2) is 4.61. The van der Waals surface area contributed by atoms with Crippen LogP contribution in [0.5, 0.6) is 0 Å². The molecule has 0 unspecified atom stereocenters. The van der Waals surface area contributed by atoms with Crippen molar-refractivity contribution in [3.8, 4) is 0 Å². The van der Waals surface area contributed by atoms with E-state index in [1.165, 1.54) is 6.21 Å². The van der Waals surface area contributed by atoms with E-state index in [0.29, 0.717) is 0 Å². The average molecular weight is 257 g/mol. The quantitative estimate of drug-likeness (QED) is 0.267. The van der Waals surface area contributed by atoms with Crippen molar-refractivity contribution in [1.29, 1.82) is 0 Å². The highest BCUT2D eigenvalue weighted by Crippen LogP contribution is 2.13. The van der Waals surface area contributed by atoms with Gasteiger partial charge < -0.3 is 5.21 Å². The van der Waals surface area contributed by atoms with E-state index in [2.05, 4.69) is 21.0 Å². The molecule has 0 saturated heterocycles. The number of hydrazone groups is 1. The Balaban J connectivity index is 2.90. The van der Waals surface area contributed by atoms with Gasteiger partial charge in [-0.25, -0.2) is 0 Å². The summed E-state index contributed by atoms with van der Waals surface area (Å²) >= 11 is 3.30. The molecule has 0 radical (unpaired) electrons. The Labute approximate surface area is 89.4 Å². The lowest BCUT2D eigenvalue weighted by Crippen LogP contribution is -2.30. The fourth-order valence-electron chi connectivity index (χ4n) is 0.761. The summed E-state index contributed by atoms with van der Waals surface area (Å²) in [5.41, 5.74) is 10.8. The number of hydrogen-bond donors (Lipinski definition) is 2. The number of nitrogens with zero attached hydrogens (tertiary/aromatic N) is 2. The molecule has 4 N–H and O–H groups in total. The molecule has 0 aliphatic rings. The van der Waals surface area contributed by atoms with Crippen LogP contribution in [0.1, 0.15) is 5.56 Å². The van der Waals surface area contributed by atoms with Crippen LogP contribution in [-0.2, 0) is 0 Å². The van der Waals surface area contributed by atoms with Gasteiger partial charge in [0.1, 0.15) is 0 Å². The van der Waals surface area contributed by atoms with Crippen molar-refractivity contribution < 1.29 is 4.85 Å². The minimum absolute atomic E-state index is 0.152. The Bertz CT molecular complexity index is 385. The van der Waals surface area contributed by atoms with Gasteiger partial charge in [-0.2, -0.15) is 0 Å². The van der Waals surface area contributed by atoms with Crippen LogP contribution in [0.4, 0.5) is 0 Å². The summed E-state index contributed by atoms with van der Waals surface area (Å²) < 4.78 is 0.841. The Morgan fingerprint density at radius 2 is 2.07 bits per heavy atom. The zero-order chi connectivity index (χ0) is 10.6. The highest BCUT2D eigenvalue weighted by atomic mass is 79.9. The molecular formula is C8H9BrN4O. The molecule has 0 aliphatic carbocycles. The third-order valence-electron chi connectivity index (χ3n) is 1.43. The summed E-state index contributed by atoms with van der Waals surface area (Å²) in [7, 11) is 0. The topological polar surface area (TPSA) is 90.5 Å². The van der Waals surface area contributed by atoms with Gasteiger partial charge in [-0.15, -0.1) is 9.95 Å². The van der Waals surface area contributed by atoms with Gasteiger partial charge in [0.2, 0.25) is 0 Å². The number of benzene rings is 1. The van der Waals surface area contributed by atoms with E-state index in [4.69, 9.17) is 11.5 Å². The molecule has 0 amide bonds. The van der Waals surface area contributed by atoms with Crippen molar-refractivity contribution in [3.63, 3.8) is 0 Å². The van der Waals surface area contributed by atoms with E-state index in [-0.39, 0.29) is 4.85 Å². The Morgan fingerprint density at radius 1 is 1.43 bits per heavy atom. The van der Waals surface area contributed by atoms with Crippen LogP contribution in [0, 0.1) is 5.21 Å². The van der Waals surface area contributed by atoms with Gasteiger partial charge in [-0.05, 0) is 6.07 Å². The van der Waals surface area contributed by atoms with Gasteiger partial charge in [-0.1, -0.05) is 34.1 Å². The first-order valence-corrected chi connectivity index (χ1v) is 4.54. The molecule has 0 fully saturated rings. The monoisotopic (exact) mass is 256 g/mol. The molecule has 1 aromatic carbocycles. The fraction of sp³-hybridized carbons (Fsp3) is 0. The summed E-state index contributed by atoms with van der Waals surface area (Å²) in [5.74, 6) is -0.395. The second-order valence-corrected chi connectivity index (χ2v) is 3.32. The first-order valence-electron chi connectivity index (χ1n) is 3.75. The molecule has 5 nitrogen and oxygen atoms in total. The van der Waals surface area contributed by atoms with Crippen molar-refractivity contribution in [2.45, 2.75) is 0 Å². The first-order chi connectivity index (χ1) is 6.61. The van der Waals surface area contributed by atoms with Gasteiger partial charge in [0, 0.05) is 10.0 Å². The minimum Gasteiger partial charge on any atom is -0.722 e. The van der Waals surface area contributed by atoms with E-state index in [9.17, 15) is 5.21 Å². The molecule has 0 bridgehead atoms. The van der Waals surface area contributed by atoms with Gasteiger partial charge in [0.15, 0.2) is 0 Å². The summed E-state index contributed by atoms with van der Waals surface area (Å²) in [5, 5.41) is 14.3. The SMILES string of the molecule is NC(N)=[N+]([O-])N=Cc1ccccc1Br. The maximum absolute atomic E-state index is 10.8. The van der Waals surface area contributed by atoms with Crippen LogP contribution < -0.4 is 11.5 Å². The highest BCUT2D eigenvalue weighted by Gasteiger charge is 1.94. The fourth-order valence-corrected chi connectivity index (χ4v) is 1.15. The summed E-state index contributed by atoms with van der Waals surface area (Å²) in [6.45, 7) is 0. The molecule has 0 saturated carbocycles. The highest BCUT2D eigenvalue weighted by molar-refractivity contribution is 9.10. The van der Waals surface area contributed by atoms with Gasteiger partial charge in [0.05, 0.1) is 6.21 Å². The first kappa shape index (κ1) is 10.5. The van der Waals surface area contributed by atoms with Crippen LogP contribution in [0.2, 0.25) is 0 Å². The number of hydrogen-bond acceptors (Lipinski definition) is 2. The largest absolute Gasteiger partial charge is 0.722 e. The van der Waals surface area contributed by atoms with Crippen molar-refractivity contribution in [1.82, 2.24) is 0 Å². The minimum atomic E-state index is -0.395. The smallest absolute Gasteiger partial charge is 0.366 e. The zero-order valence-corrected chi connectivity index (χ0v) is 8.81. The predicted molar refractivity (Wildman–Crippen MR) is 58.7 cm³/mol. The number of rotatable bonds is 2.